The summed E-state index contributed by atoms with van der Waals surface area (Å²) in [6.07, 6.45) is 6.06. The molecule has 3 heterocycles. The van der Waals surface area contributed by atoms with E-state index >= 15 is 0 Å². The third-order valence-electron chi connectivity index (χ3n) is 5.33. The number of guanidine groups is 1. The molecule has 1 fully saturated rings. The first-order chi connectivity index (χ1) is 13.8. The molecule has 8 heteroatoms. The van der Waals surface area contributed by atoms with E-state index in [4.69, 9.17) is 4.52 Å². The van der Waals surface area contributed by atoms with Crippen molar-refractivity contribution >= 4 is 35.6 Å². The molecular weight excluding hydrogens is 479 g/mol. The van der Waals surface area contributed by atoms with Crippen molar-refractivity contribution in [1.29, 1.82) is 0 Å². The fraction of sp³-hybridized carbons (Fsp3) is 0.429. The van der Waals surface area contributed by atoms with Crippen molar-refractivity contribution in [1.82, 2.24) is 20.3 Å². The van der Waals surface area contributed by atoms with Gasteiger partial charge in [-0.1, -0.05) is 29.4 Å². The molecule has 1 aromatic heterocycles. The number of hydrogen-bond acceptors (Lipinski definition) is 5. The zero-order valence-electron chi connectivity index (χ0n) is 16.8. The van der Waals surface area contributed by atoms with Gasteiger partial charge in [0, 0.05) is 71.2 Å². The Kier molecular flexibility index (Phi) is 7.93. The Labute approximate surface area is 189 Å². The van der Waals surface area contributed by atoms with Gasteiger partial charge in [0.15, 0.2) is 5.96 Å². The quantitative estimate of drug-likeness (QED) is 0.290. The molecule has 0 unspecified atom stereocenters. The largest absolute Gasteiger partial charge is 0.364 e. The van der Waals surface area contributed by atoms with Crippen molar-refractivity contribution in [2.75, 3.05) is 51.2 Å². The van der Waals surface area contributed by atoms with Crippen LogP contribution in [0.5, 0.6) is 0 Å². The summed E-state index contributed by atoms with van der Waals surface area (Å²) >= 11 is 0. The molecule has 0 atom stereocenters. The monoisotopic (exact) mass is 508 g/mol. The van der Waals surface area contributed by atoms with Gasteiger partial charge in [-0.2, -0.15) is 0 Å². The van der Waals surface area contributed by atoms with Crippen LogP contribution in [0.25, 0.3) is 0 Å². The molecule has 1 N–H and O–H groups in total. The second kappa shape index (κ2) is 10.6. The maximum absolute atomic E-state index is 4.92. The van der Waals surface area contributed by atoms with Gasteiger partial charge in [-0.15, -0.1) is 24.0 Å². The van der Waals surface area contributed by atoms with E-state index in [1.165, 1.54) is 11.3 Å². The minimum atomic E-state index is 0. The second-order valence-corrected chi connectivity index (χ2v) is 7.20. The Morgan fingerprint density at radius 2 is 1.79 bits per heavy atom. The van der Waals surface area contributed by atoms with E-state index in [0.717, 1.165) is 64.0 Å². The molecule has 2 aliphatic heterocycles. The average Bonchev–Trinajstić information content (AvgIpc) is 3.44. The standard InChI is InChI=1S/C21H28N6O.HI/c1-22-21(27-13-11-25(12-14-27)17-19-8-15-28-24-19)23-16-18-4-6-20(7-5-18)26-9-2-3-10-26;/h2-8,15H,9-14,16-17H2,1H3,(H,22,23);1H. The molecule has 0 amide bonds. The molecule has 4 rings (SSSR count). The molecule has 0 radical (unpaired) electrons. The summed E-state index contributed by atoms with van der Waals surface area (Å²) in [5.74, 6) is 0.967. The van der Waals surface area contributed by atoms with E-state index in [-0.39, 0.29) is 24.0 Å². The Bertz CT molecular complexity index is 789. The van der Waals surface area contributed by atoms with Crippen LogP contribution in [-0.2, 0) is 13.1 Å². The summed E-state index contributed by atoms with van der Waals surface area (Å²) in [5, 5.41) is 7.51. The fourth-order valence-corrected chi connectivity index (χ4v) is 3.69. The van der Waals surface area contributed by atoms with Gasteiger partial charge < -0.3 is 19.6 Å². The van der Waals surface area contributed by atoms with Crippen LogP contribution in [0.15, 0.2) is 58.3 Å². The highest BCUT2D eigenvalue weighted by Crippen LogP contribution is 2.17. The van der Waals surface area contributed by atoms with E-state index in [2.05, 4.69) is 66.6 Å². The highest BCUT2D eigenvalue weighted by atomic mass is 127. The minimum absolute atomic E-state index is 0. The molecule has 1 aromatic carbocycles. The van der Waals surface area contributed by atoms with E-state index < -0.39 is 0 Å². The molecule has 2 aliphatic rings. The first-order valence-electron chi connectivity index (χ1n) is 9.88. The van der Waals surface area contributed by atoms with Crippen molar-refractivity contribution in [2.45, 2.75) is 13.1 Å². The number of hydrogen-bond donors (Lipinski definition) is 1. The average molecular weight is 508 g/mol. The minimum Gasteiger partial charge on any atom is -0.364 e. The Balaban J connectivity index is 0.00000240. The van der Waals surface area contributed by atoms with Gasteiger partial charge in [0.1, 0.15) is 6.26 Å². The maximum atomic E-state index is 4.92. The lowest BCUT2D eigenvalue weighted by molar-refractivity contribution is 0.169. The molecule has 0 aliphatic carbocycles. The topological polar surface area (TPSA) is 60.1 Å². The fourth-order valence-electron chi connectivity index (χ4n) is 3.69. The van der Waals surface area contributed by atoms with Gasteiger partial charge in [-0.25, -0.2) is 0 Å². The van der Waals surface area contributed by atoms with Gasteiger partial charge in [-0.05, 0) is 17.7 Å². The van der Waals surface area contributed by atoms with E-state index in [0.29, 0.717) is 0 Å². The predicted molar refractivity (Wildman–Crippen MR) is 127 cm³/mol. The summed E-state index contributed by atoms with van der Waals surface area (Å²) in [4.78, 5) is 11.6. The summed E-state index contributed by atoms with van der Waals surface area (Å²) in [5.41, 5.74) is 3.53. The van der Waals surface area contributed by atoms with E-state index in [9.17, 15) is 0 Å². The Morgan fingerprint density at radius 3 is 2.41 bits per heavy atom. The third-order valence-corrected chi connectivity index (χ3v) is 5.33. The zero-order chi connectivity index (χ0) is 19.2. The van der Waals surface area contributed by atoms with Crippen LogP contribution in [0.4, 0.5) is 5.69 Å². The number of anilines is 1. The lowest BCUT2D eigenvalue weighted by Crippen LogP contribution is -2.52. The maximum Gasteiger partial charge on any atom is 0.194 e. The number of nitrogens with one attached hydrogen (secondary N) is 1. The molecule has 29 heavy (non-hydrogen) atoms. The van der Waals surface area contributed by atoms with Crippen LogP contribution < -0.4 is 10.2 Å². The molecule has 0 saturated carbocycles. The predicted octanol–water partition coefficient (Wildman–Crippen LogP) is 2.56. The first kappa shape index (κ1) is 21.6. The third kappa shape index (κ3) is 5.72. The SMILES string of the molecule is CN=C(NCc1ccc(N2CC=CC2)cc1)N1CCN(Cc2ccon2)CC1.I. The van der Waals surface area contributed by atoms with Crippen molar-refractivity contribution in [3.05, 3.63) is 60.0 Å². The molecule has 1 saturated heterocycles. The van der Waals surface area contributed by atoms with E-state index in [1.54, 1.807) is 6.26 Å². The smallest absolute Gasteiger partial charge is 0.194 e. The van der Waals surface area contributed by atoms with Crippen LogP contribution in [-0.4, -0.2) is 67.2 Å². The Morgan fingerprint density at radius 1 is 1.07 bits per heavy atom. The highest BCUT2D eigenvalue weighted by molar-refractivity contribution is 14.0. The van der Waals surface area contributed by atoms with Gasteiger partial charge in [-0.3, -0.25) is 9.89 Å². The van der Waals surface area contributed by atoms with Gasteiger partial charge in [0.25, 0.3) is 0 Å². The number of nitrogens with zero attached hydrogens (tertiary/aromatic N) is 5. The van der Waals surface area contributed by atoms with Crippen molar-refractivity contribution in [3.8, 4) is 0 Å². The molecule has 7 nitrogen and oxygen atoms in total. The van der Waals surface area contributed by atoms with Crippen LogP contribution in [0.1, 0.15) is 11.3 Å². The van der Waals surface area contributed by atoms with Crippen molar-refractivity contribution < 1.29 is 4.52 Å². The van der Waals surface area contributed by atoms with Crippen molar-refractivity contribution in [2.24, 2.45) is 4.99 Å². The second-order valence-electron chi connectivity index (χ2n) is 7.20. The summed E-state index contributed by atoms with van der Waals surface area (Å²) in [6, 6.07) is 10.7. The normalized spacial score (nSPS) is 17.5. The molecule has 156 valence electrons. The van der Waals surface area contributed by atoms with Crippen LogP contribution in [0, 0.1) is 0 Å². The summed E-state index contributed by atoms with van der Waals surface area (Å²) < 4.78 is 4.92. The number of aliphatic imine (C=N–C) groups is 1. The van der Waals surface area contributed by atoms with E-state index in [1.807, 2.05) is 13.1 Å². The lowest BCUT2D eigenvalue weighted by Gasteiger charge is -2.36. The number of halogens is 1. The molecule has 0 bridgehead atoms. The highest BCUT2D eigenvalue weighted by Gasteiger charge is 2.20. The number of piperazine rings is 1. The molecular formula is C21H29IN6O. The van der Waals surface area contributed by atoms with Crippen molar-refractivity contribution in [3.63, 3.8) is 0 Å². The lowest BCUT2D eigenvalue weighted by atomic mass is 10.2. The van der Waals surface area contributed by atoms with Gasteiger partial charge in [0.2, 0.25) is 0 Å². The van der Waals surface area contributed by atoms with Gasteiger partial charge >= 0.3 is 0 Å². The van der Waals surface area contributed by atoms with Crippen LogP contribution in [0.2, 0.25) is 0 Å². The van der Waals surface area contributed by atoms with Crippen LogP contribution >= 0.6 is 24.0 Å². The first-order valence-corrected chi connectivity index (χ1v) is 9.88. The Hall–Kier alpha value is -2.07. The molecule has 2 aromatic rings. The number of benzene rings is 1. The zero-order valence-corrected chi connectivity index (χ0v) is 19.2. The number of aromatic nitrogens is 1. The summed E-state index contributed by atoms with van der Waals surface area (Å²) in [7, 11) is 1.85. The number of rotatable bonds is 5. The van der Waals surface area contributed by atoms with Gasteiger partial charge in [0.05, 0.1) is 5.69 Å². The molecule has 0 spiro atoms. The van der Waals surface area contributed by atoms with Crippen LogP contribution in [0.3, 0.4) is 0 Å². The summed E-state index contributed by atoms with van der Waals surface area (Å²) in [6.45, 7) is 7.54.